The van der Waals surface area contributed by atoms with Crippen molar-refractivity contribution in [3.63, 3.8) is 0 Å². The molecule has 0 saturated heterocycles. The first-order chi connectivity index (χ1) is 6.66. The number of allylic oxidation sites excluding steroid dienone is 2. The molecule has 0 aromatic rings. The molecule has 0 radical (unpaired) electrons. The Labute approximate surface area is 106 Å². The van der Waals surface area contributed by atoms with Crippen molar-refractivity contribution in [2.75, 3.05) is 0 Å². The highest BCUT2D eigenvalue weighted by molar-refractivity contribution is 9.10. The summed E-state index contributed by atoms with van der Waals surface area (Å²) in [7, 11) is 0. The van der Waals surface area contributed by atoms with E-state index in [2.05, 4.69) is 57.9 Å². The van der Waals surface area contributed by atoms with Gasteiger partial charge in [-0.05, 0) is 13.3 Å². The molecule has 0 rings (SSSR count). The van der Waals surface area contributed by atoms with Crippen molar-refractivity contribution in [3.05, 3.63) is 12.2 Å². The van der Waals surface area contributed by atoms with Crippen LogP contribution in [0.1, 0.15) is 52.4 Å². The number of unbranched alkanes of at least 4 members (excludes halogenated alkanes) is 4. The number of rotatable bonds is 8. The number of halogens is 2. The fourth-order valence-corrected chi connectivity index (χ4v) is 1.99. The molecule has 0 heterocycles. The van der Waals surface area contributed by atoms with E-state index < -0.39 is 0 Å². The van der Waals surface area contributed by atoms with Gasteiger partial charge in [-0.1, -0.05) is 83.0 Å². The lowest BCUT2D eigenvalue weighted by atomic mass is 10.1. The third kappa shape index (κ3) is 10.8. The molecule has 0 aliphatic rings. The second kappa shape index (κ2) is 10.2. The van der Waals surface area contributed by atoms with Gasteiger partial charge in [0.05, 0.1) is 0 Å². The average molecular weight is 326 g/mol. The predicted octanol–water partition coefficient (Wildman–Crippen LogP) is 5.45. The van der Waals surface area contributed by atoms with Crippen molar-refractivity contribution in [1.82, 2.24) is 0 Å². The molecule has 14 heavy (non-hydrogen) atoms. The molecule has 2 heteroatoms. The molecular weight excluding hydrogens is 304 g/mol. The molecule has 0 aliphatic heterocycles. The molecule has 0 fully saturated rings. The van der Waals surface area contributed by atoms with Gasteiger partial charge < -0.3 is 0 Å². The third-order valence-corrected chi connectivity index (χ3v) is 3.24. The number of alkyl halides is 2. The largest absolute Gasteiger partial charge is 0.0848 e. The Morgan fingerprint density at radius 3 is 2.21 bits per heavy atom. The van der Waals surface area contributed by atoms with Gasteiger partial charge in [0.15, 0.2) is 0 Å². The lowest BCUT2D eigenvalue weighted by molar-refractivity contribution is 0.616. The van der Waals surface area contributed by atoms with E-state index >= 15 is 0 Å². The van der Waals surface area contributed by atoms with Crippen LogP contribution in [0.25, 0.3) is 0 Å². The molecule has 2 unspecified atom stereocenters. The maximum absolute atomic E-state index is 3.67. The van der Waals surface area contributed by atoms with Crippen LogP contribution in [0.4, 0.5) is 0 Å². The Hall–Kier alpha value is 0.700. The van der Waals surface area contributed by atoms with Gasteiger partial charge in [0.2, 0.25) is 0 Å². The Balaban J connectivity index is 3.31. The van der Waals surface area contributed by atoms with Crippen molar-refractivity contribution in [2.24, 2.45) is 0 Å². The summed E-state index contributed by atoms with van der Waals surface area (Å²) in [5.41, 5.74) is 0. The molecule has 0 aromatic carbocycles. The van der Waals surface area contributed by atoms with Crippen LogP contribution in [-0.4, -0.2) is 9.65 Å². The van der Waals surface area contributed by atoms with Crippen LogP contribution >= 0.6 is 31.9 Å². The molecule has 84 valence electrons. The number of hydrogen-bond donors (Lipinski definition) is 0. The van der Waals surface area contributed by atoms with Crippen LogP contribution < -0.4 is 0 Å². The van der Waals surface area contributed by atoms with Crippen LogP contribution in [-0.2, 0) is 0 Å². The van der Waals surface area contributed by atoms with E-state index in [1.807, 2.05) is 0 Å². The van der Waals surface area contributed by atoms with Crippen LogP contribution in [0.15, 0.2) is 12.2 Å². The summed E-state index contributed by atoms with van der Waals surface area (Å²) in [4.78, 5) is 1.05. The summed E-state index contributed by atoms with van der Waals surface area (Å²) in [5.74, 6) is 0. The molecule has 0 aromatic heterocycles. The summed E-state index contributed by atoms with van der Waals surface area (Å²) in [5, 5.41) is 0. The first-order valence-corrected chi connectivity index (χ1v) is 7.46. The topological polar surface area (TPSA) is 0 Å². The molecule has 0 bridgehead atoms. The van der Waals surface area contributed by atoms with Gasteiger partial charge in [0.25, 0.3) is 0 Å². The molecule has 0 saturated carbocycles. The Kier molecular flexibility index (Phi) is 10.7. The molecule has 0 nitrogen and oxygen atoms in total. The van der Waals surface area contributed by atoms with Crippen molar-refractivity contribution < 1.29 is 0 Å². The second-order valence-electron chi connectivity index (χ2n) is 3.78. The highest BCUT2D eigenvalue weighted by Crippen LogP contribution is 2.14. The predicted molar refractivity (Wildman–Crippen MR) is 73.6 cm³/mol. The van der Waals surface area contributed by atoms with Gasteiger partial charge >= 0.3 is 0 Å². The Morgan fingerprint density at radius 2 is 1.64 bits per heavy atom. The maximum Gasteiger partial charge on any atom is 0.0325 e. The Morgan fingerprint density at radius 1 is 1.00 bits per heavy atom. The summed E-state index contributed by atoms with van der Waals surface area (Å²) >= 11 is 7.17. The fraction of sp³-hybridized carbons (Fsp3) is 0.833. The standard InChI is InChI=1S/C12H22Br2/c1-3-4-5-6-7-8-12(14)10-9-11(2)13/h9-12H,3-8H2,1-2H3. The van der Waals surface area contributed by atoms with Crippen molar-refractivity contribution in [3.8, 4) is 0 Å². The van der Waals surface area contributed by atoms with Gasteiger partial charge in [0, 0.05) is 9.65 Å². The third-order valence-electron chi connectivity index (χ3n) is 2.17. The normalized spacial score (nSPS) is 16.0. The van der Waals surface area contributed by atoms with E-state index in [0.29, 0.717) is 9.65 Å². The summed E-state index contributed by atoms with van der Waals surface area (Å²) in [6, 6.07) is 0. The first-order valence-electron chi connectivity index (χ1n) is 5.63. The van der Waals surface area contributed by atoms with Crippen LogP contribution in [0, 0.1) is 0 Å². The zero-order valence-corrected chi connectivity index (χ0v) is 12.5. The summed E-state index contributed by atoms with van der Waals surface area (Å²) < 4.78 is 0. The van der Waals surface area contributed by atoms with Gasteiger partial charge in [-0.25, -0.2) is 0 Å². The molecule has 0 spiro atoms. The lowest BCUT2D eigenvalue weighted by Gasteiger charge is -2.04. The van der Waals surface area contributed by atoms with Gasteiger partial charge in [-0.15, -0.1) is 0 Å². The second-order valence-corrected chi connectivity index (χ2v) is 6.40. The van der Waals surface area contributed by atoms with Crippen molar-refractivity contribution >= 4 is 31.9 Å². The number of hydrogen-bond acceptors (Lipinski definition) is 0. The zero-order chi connectivity index (χ0) is 10.8. The van der Waals surface area contributed by atoms with Crippen LogP contribution in [0.3, 0.4) is 0 Å². The van der Waals surface area contributed by atoms with Crippen molar-refractivity contribution in [2.45, 2.75) is 62.0 Å². The molecule has 0 N–H and O–H groups in total. The minimum Gasteiger partial charge on any atom is -0.0848 e. The Bertz CT molecular complexity index is 141. The SMILES string of the molecule is CCCCCCCC(Br)C=CC(C)Br. The quantitative estimate of drug-likeness (QED) is 0.316. The van der Waals surface area contributed by atoms with E-state index in [9.17, 15) is 0 Å². The maximum atomic E-state index is 3.67. The van der Waals surface area contributed by atoms with E-state index in [1.165, 1.54) is 38.5 Å². The minimum absolute atomic E-state index is 0.489. The highest BCUT2D eigenvalue weighted by atomic mass is 79.9. The first kappa shape index (κ1) is 14.7. The molecule has 2 atom stereocenters. The summed E-state index contributed by atoms with van der Waals surface area (Å²) in [6.45, 7) is 4.39. The zero-order valence-electron chi connectivity index (χ0n) is 9.31. The average Bonchev–Trinajstić information content (AvgIpc) is 2.14. The van der Waals surface area contributed by atoms with E-state index in [-0.39, 0.29) is 0 Å². The highest BCUT2D eigenvalue weighted by Gasteiger charge is 1.99. The molecule has 0 aliphatic carbocycles. The van der Waals surface area contributed by atoms with Crippen molar-refractivity contribution in [1.29, 1.82) is 0 Å². The van der Waals surface area contributed by atoms with Gasteiger partial charge in [-0.3, -0.25) is 0 Å². The van der Waals surface area contributed by atoms with Crippen LogP contribution in [0.2, 0.25) is 0 Å². The smallest absolute Gasteiger partial charge is 0.0325 e. The molecular formula is C12H22Br2. The van der Waals surface area contributed by atoms with E-state index in [0.717, 1.165) is 0 Å². The lowest BCUT2D eigenvalue weighted by Crippen LogP contribution is -1.94. The van der Waals surface area contributed by atoms with Crippen LogP contribution in [0.5, 0.6) is 0 Å². The monoisotopic (exact) mass is 324 g/mol. The minimum atomic E-state index is 0.489. The summed E-state index contributed by atoms with van der Waals surface area (Å²) in [6.07, 6.45) is 12.6. The fourth-order valence-electron chi connectivity index (χ4n) is 1.31. The van der Waals surface area contributed by atoms with E-state index in [4.69, 9.17) is 0 Å². The van der Waals surface area contributed by atoms with Gasteiger partial charge in [-0.2, -0.15) is 0 Å². The molecule has 0 amide bonds. The van der Waals surface area contributed by atoms with E-state index in [1.54, 1.807) is 0 Å². The van der Waals surface area contributed by atoms with Gasteiger partial charge in [0.1, 0.15) is 0 Å².